The lowest BCUT2D eigenvalue weighted by Gasteiger charge is -2.25. The van der Waals surface area contributed by atoms with Gasteiger partial charge in [-0.15, -0.1) is 0 Å². The first-order valence-electron chi connectivity index (χ1n) is 6.89. The average molecular weight is 310 g/mol. The third-order valence-electron chi connectivity index (χ3n) is 3.59. The van der Waals surface area contributed by atoms with Crippen LogP contribution in [0.4, 0.5) is 5.95 Å². The van der Waals surface area contributed by atoms with Crippen molar-refractivity contribution < 1.29 is 5.11 Å². The first-order chi connectivity index (χ1) is 10.2. The summed E-state index contributed by atoms with van der Waals surface area (Å²) < 4.78 is 1.43. The van der Waals surface area contributed by atoms with Gasteiger partial charge in [-0.1, -0.05) is 0 Å². The Kier molecular flexibility index (Phi) is 4.26. The van der Waals surface area contributed by atoms with Crippen LogP contribution in [-0.4, -0.2) is 47.5 Å². The summed E-state index contributed by atoms with van der Waals surface area (Å²) in [7, 11) is 0. The Balaban J connectivity index is 1.65. The average Bonchev–Trinajstić information content (AvgIpc) is 3.00. The molecule has 9 heteroatoms. The number of hydrogen-bond donors (Lipinski definition) is 2. The van der Waals surface area contributed by atoms with Gasteiger partial charge in [-0.05, 0) is 43.2 Å². The van der Waals surface area contributed by atoms with Crippen LogP contribution in [0.1, 0.15) is 25.7 Å². The van der Waals surface area contributed by atoms with Gasteiger partial charge in [0, 0.05) is 6.54 Å². The zero-order chi connectivity index (χ0) is 14.7. The van der Waals surface area contributed by atoms with Crippen LogP contribution >= 0.6 is 11.6 Å². The van der Waals surface area contributed by atoms with Crippen LogP contribution in [0.3, 0.4) is 0 Å². The maximum Gasteiger partial charge on any atom is 0.258 e. The zero-order valence-corrected chi connectivity index (χ0v) is 12.1. The molecular weight excluding hydrogens is 294 g/mol. The summed E-state index contributed by atoms with van der Waals surface area (Å²) in [5, 5.41) is 16.8. The molecule has 0 spiro atoms. The van der Waals surface area contributed by atoms with E-state index in [0.29, 0.717) is 17.8 Å². The van der Waals surface area contributed by atoms with Gasteiger partial charge in [-0.25, -0.2) is 4.98 Å². The number of rotatable bonds is 4. The topological polar surface area (TPSA) is 102 Å². The summed E-state index contributed by atoms with van der Waals surface area (Å²) in [6, 6.07) is 0. The second-order valence-electron chi connectivity index (χ2n) is 5.12. The number of aromatic nitrogens is 6. The van der Waals surface area contributed by atoms with Gasteiger partial charge in [0.15, 0.2) is 0 Å². The number of aliphatic hydroxyl groups excluding tert-OH is 1. The molecule has 3 rings (SSSR count). The molecule has 112 valence electrons. The van der Waals surface area contributed by atoms with Crippen LogP contribution in [0, 0.1) is 5.92 Å². The molecule has 1 aliphatic rings. The van der Waals surface area contributed by atoms with Crippen molar-refractivity contribution in [3.63, 3.8) is 0 Å². The Morgan fingerprint density at radius 3 is 2.76 bits per heavy atom. The summed E-state index contributed by atoms with van der Waals surface area (Å²) in [5.41, 5.74) is 0. The molecule has 0 unspecified atom stereocenters. The maximum atomic E-state index is 9.50. The minimum Gasteiger partial charge on any atom is -0.393 e. The summed E-state index contributed by atoms with van der Waals surface area (Å²) in [6.07, 6.45) is 6.47. The van der Waals surface area contributed by atoms with Crippen molar-refractivity contribution >= 4 is 17.5 Å². The van der Waals surface area contributed by atoms with Gasteiger partial charge >= 0.3 is 0 Å². The molecule has 1 aliphatic carbocycles. The highest BCUT2D eigenvalue weighted by Gasteiger charge is 2.19. The van der Waals surface area contributed by atoms with Gasteiger partial charge in [0.2, 0.25) is 11.2 Å². The van der Waals surface area contributed by atoms with Gasteiger partial charge in [0.25, 0.3) is 5.95 Å². The molecule has 0 amide bonds. The van der Waals surface area contributed by atoms with Gasteiger partial charge < -0.3 is 10.4 Å². The normalized spacial score (nSPS) is 22.2. The number of anilines is 1. The van der Waals surface area contributed by atoms with Crippen LogP contribution in [-0.2, 0) is 0 Å². The Hall–Kier alpha value is -1.80. The SMILES string of the molecule is OC1CCC(CNc2nc(Cl)nc(-n3cncn3)n2)CC1. The lowest BCUT2D eigenvalue weighted by molar-refractivity contribution is 0.111. The van der Waals surface area contributed by atoms with E-state index in [9.17, 15) is 5.11 Å². The van der Waals surface area contributed by atoms with E-state index >= 15 is 0 Å². The number of nitrogens with zero attached hydrogens (tertiary/aromatic N) is 6. The van der Waals surface area contributed by atoms with Gasteiger partial charge in [-0.2, -0.15) is 24.7 Å². The van der Waals surface area contributed by atoms with Crippen molar-refractivity contribution in [3.05, 3.63) is 17.9 Å². The monoisotopic (exact) mass is 309 g/mol. The third kappa shape index (κ3) is 3.64. The molecule has 2 heterocycles. The van der Waals surface area contributed by atoms with E-state index in [1.54, 1.807) is 0 Å². The molecule has 0 atom stereocenters. The van der Waals surface area contributed by atoms with E-state index in [4.69, 9.17) is 11.6 Å². The quantitative estimate of drug-likeness (QED) is 0.871. The van der Waals surface area contributed by atoms with Crippen molar-refractivity contribution in [1.82, 2.24) is 29.7 Å². The van der Waals surface area contributed by atoms with Crippen molar-refractivity contribution in [1.29, 1.82) is 0 Å². The standard InChI is InChI=1S/C12H16ClN7O/c13-10-17-11(15-5-8-1-3-9(21)4-2-8)19-12(18-10)20-7-14-6-16-20/h6-9,21H,1-5H2,(H,15,17,18,19). The van der Waals surface area contributed by atoms with E-state index in [1.807, 2.05) is 0 Å². The number of aliphatic hydroxyl groups is 1. The van der Waals surface area contributed by atoms with Crippen LogP contribution in [0.2, 0.25) is 5.28 Å². The molecule has 21 heavy (non-hydrogen) atoms. The van der Waals surface area contributed by atoms with Crippen molar-refractivity contribution in [3.8, 4) is 5.95 Å². The van der Waals surface area contributed by atoms with Crippen LogP contribution in [0.15, 0.2) is 12.7 Å². The minimum absolute atomic E-state index is 0.108. The van der Waals surface area contributed by atoms with Crippen molar-refractivity contribution in [2.45, 2.75) is 31.8 Å². The first kappa shape index (κ1) is 14.2. The summed E-state index contributed by atoms with van der Waals surface area (Å²) in [5.74, 6) is 1.26. The summed E-state index contributed by atoms with van der Waals surface area (Å²) >= 11 is 5.91. The van der Waals surface area contributed by atoms with E-state index < -0.39 is 0 Å². The fourth-order valence-corrected chi connectivity index (χ4v) is 2.57. The Labute approximate surface area is 126 Å². The minimum atomic E-state index is -0.146. The summed E-state index contributed by atoms with van der Waals surface area (Å²) in [4.78, 5) is 16.2. The highest BCUT2D eigenvalue weighted by molar-refractivity contribution is 6.28. The lowest BCUT2D eigenvalue weighted by Crippen LogP contribution is -2.24. The maximum absolute atomic E-state index is 9.50. The molecule has 8 nitrogen and oxygen atoms in total. The van der Waals surface area contributed by atoms with Crippen molar-refractivity contribution in [2.24, 2.45) is 5.92 Å². The number of nitrogens with one attached hydrogen (secondary N) is 1. The number of hydrogen-bond acceptors (Lipinski definition) is 7. The van der Waals surface area contributed by atoms with Gasteiger partial charge in [0.1, 0.15) is 12.7 Å². The van der Waals surface area contributed by atoms with E-state index in [-0.39, 0.29) is 11.4 Å². The molecule has 0 bridgehead atoms. The fourth-order valence-electron chi connectivity index (χ4n) is 2.42. The van der Waals surface area contributed by atoms with Crippen LogP contribution in [0.25, 0.3) is 5.95 Å². The van der Waals surface area contributed by atoms with Gasteiger partial charge in [0.05, 0.1) is 6.10 Å². The molecule has 2 N–H and O–H groups in total. The first-order valence-corrected chi connectivity index (χ1v) is 7.27. The molecule has 1 fully saturated rings. The highest BCUT2D eigenvalue weighted by atomic mass is 35.5. The predicted octanol–water partition coefficient (Wildman–Crippen LogP) is 1.07. The molecule has 0 saturated heterocycles. The van der Waals surface area contributed by atoms with E-state index in [2.05, 4.69) is 30.4 Å². The smallest absolute Gasteiger partial charge is 0.258 e. The Morgan fingerprint density at radius 2 is 2.05 bits per heavy atom. The van der Waals surface area contributed by atoms with Gasteiger partial charge in [-0.3, -0.25) is 0 Å². The number of halogens is 1. The highest BCUT2D eigenvalue weighted by Crippen LogP contribution is 2.24. The molecule has 0 aliphatic heterocycles. The molecular formula is C12H16ClN7O. The van der Waals surface area contributed by atoms with Crippen LogP contribution < -0.4 is 5.32 Å². The zero-order valence-electron chi connectivity index (χ0n) is 11.4. The predicted molar refractivity (Wildman–Crippen MR) is 76.2 cm³/mol. The lowest BCUT2D eigenvalue weighted by atomic mass is 9.87. The molecule has 2 aromatic rings. The molecule has 0 radical (unpaired) electrons. The second kappa shape index (κ2) is 6.31. The van der Waals surface area contributed by atoms with E-state index in [0.717, 1.165) is 32.2 Å². The molecule has 0 aromatic carbocycles. The largest absolute Gasteiger partial charge is 0.393 e. The summed E-state index contributed by atoms with van der Waals surface area (Å²) in [6.45, 7) is 0.754. The Morgan fingerprint density at radius 1 is 1.24 bits per heavy atom. The Bertz CT molecular complexity index is 583. The van der Waals surface area contributed by atoms with Crippen molar-refractivity contribution in [2.75, 3.05) is 11.9 Å². The molecule has 1 saturated carbocycles. The third-order valence-corrected chi connectivity index (χ3v) is 3.75. The molecule has 2 aromatic heterocycles. The van der Waals surface area contributed by atoms with E-state index in [1.165, 1.54) is 17.3 Å². The van der Waals surface area contributed by atoms with Crippen LogP contribution in [0.5, 0.6) is 0 Å². The second-order valence-corrected chi connectivity index (χ2v) is 5.46. The fraction of sp³-hybridized carbons (Fsp3) is 0.583.